The summed E-state index contributed by atoms with van der Waals surface area (Å²) in [7, 11) is 0. The molecule has 0 fully saturated rings. The first-order chi connectivity index (χ1) is 8.04. The summed E-state index contributed by atoms with van der Waals surface area (Å²) in [5, 5.41) is 8.80. The van der Waals surface area contributed by atoms with Crippen LogP contribution < -0.4 is 10.6 Å². The van der Waals surface area contributed by atoms with Crippen LogP contribution in [-0.4, -0.2) is 41.2 Å². The van der Waals surface area contributed by atoms with E-state index in [4.69, 9.17) is 23.1 Å². The Labute approximate surface area is 103 Å². The molecule has 0 saturated heterocycles. The number of hydrogen-bond acceptors (Lipinski definition) is 4. The second-order valence-corrected chi connectivity index (χ2v) is 3.77. The fourth-order valence-electron chi connectivity index (χ4n) is 1.31. The molecule has 0 atom stereocenters. The van der Waals surface area contributed by atoms with Crippen LogP contribution in [0.25, 0.3) is 0 Å². The Kier molecular flexibility index (Phi) is 5.17. The quantitative estimate of drug-likeness (QED) is 0.741. The number of aromatic nitrogens is 1. The zero-order valence-corrected chi connectivity index (χ0v) is 9.83. The van der Waals surface area contributed by atoms with Crippen molar-refractivity contribution in [2.24, 2.45) is 5.73 Å². The Morgan fingerprint density at radius 3 is 2.65 bits per heavy atom. The van der Waals surface area contributed by atoms with Gasteiger partial charge >= 0.3 is 0 Å². The van der Waals surface area contributed by atoms with Crippen LogP contribution in [0.2, 0.25) is 0 Å². The molecule has 1 aromatic heterocycles. The highest BCUT2D eigenvalue weighted by atomic mass is 32.1. The highest BCUT2D eigenvalue weighted by Gasteiger charge is 2.13. The fourth-order valence-corrected chi connectivity index (χ4v) is 1.43. The SMILES string of the molecule is NC(=S)c1ccc(N(CCO)CC(F)F)nc1. The van der Waals surface area contributed by atoms with E-state index in [0.29, 0.717) is 11.4 Å². The standard InChI is InChI=1S/C10H13F2N3OS/c11-8(12)6-15(3-4-16)9-2-1-7(5-14-9)10(13)17/h1-2,5,8,16H,3-4,6H2,(H2,13,17). The Morgan fingerprint density at radius 2 is 2.24 bits per heavy atom. The number of nitrogens with two attached hydrogens (primary N) is 1. The lowest BCUT2D eigenvalue weighted by molar-refractivity contribution is 0.152. The first-order valence-electron chi connectivity index (χ1n) is 4.94. The average Bonchev–Trinajstić information content (AvgIpc) is 2.28. The molecule has 0 radical (unpaired) electrons. The summed E-state index contributed by atoms with van der Waals surface area (Å²) >= 11 is 4.76. The molecule has 7 heteroatoms. The van der Waals surface area contributed by atoms with Crippen molar-refractivity contribution in [1.82, 2.24) is 4.98 Å². The van der Waals surface area contributed by atoms with Gasteiger partial charge in [-0.3, -0.25) is 0 Å². The van der Waals surface area contributed by atoms with Crippen LogP contribution in [0.3, 0.4) is 0 Å². The third-order valence-electron chi connectivity index (χ3n) is 2.08. The number of alkyl halides is 2. The molecule has 17 heavy (non-hydrogen) atoms. The second-order valence-electron chi connectivity index (χ2n) is 3.33. The molecule has 0 saturated carbocycles. The average molecular weight is 261 g/mol. The normalized spacial score (nSPS) is 10.6. The molecule has 0 unspecified atom stereocenters. The summed E-state index contributed by atoms with van der Waals surface area (Å²) in [6.07, 6.45) is -1.06. The van der Waals surface area contributed by atoms with Crippen LogP contribution >= 0.6 is 12.2 Å². The van der Waals surface area contributed by atoms with E-state index in [2.05, 4.69) is 4.98 Å². The van der Waals surface area contributed by atoms with E-state index in [1.54, 1.807) is 12.1 Å². The Balaban J connectivity index is 2.83. The lowest BCUT2D eigenvalue weighted by Crippen LogP contribution is -2.32. The molecule has 0 aromatic carbocycles. The summed E-state index contributed by atoms with van der Waals surface area (Å²) < 4.78 is 24.6. The van der Waals surface area contributed by atoms with Gasteiger partial charge in [-0.15, -0.1) is 0 Å². The summed E-state index contributed by atoms with van der Waals surface area (Å²) in [6.45, 7) is -0.588. The van der Waals surface area contributed by atoms with Crippen molar-refractivity contribution in [3.8, 4) is 0 Å². The van der Waals surface area contributed by atoms with Crippen molar-refractivity contribution in [2.75, 3.05) is 24.6 Å². The second kappa shape index (κ2) is 6.41. The summed E-state index contributed by atoms with van der Waals surface area (Å²) in [4.78, 5) is 5.49. The molecule has 1 aromatic rings. The molecular formula is C10H13F2N3OS. The van der Waals surface area contributed by atoms with Gasteiger partial charge in [0.2, 0.25) is 0 Å². The maximum atomic E-state index is 12.3. The molecule has 94 valence electrons. The van der Waals surface area contributed by atoms with Gasteiger partial charge in [0.15, 0.2) is 0 Å². The van der Waals surface area contributed by atoms with Gasteiger partial charge in [-0.2, -0.15) is 0 Å². The maximum Gasteiger partial charge on any atom is 0.255 e. The van der Waals surface area contributed by atoms with E-state index in [9.17, 15) is 8.78 Å². The number of halogens is 2. The van der Waals surface area contributed by atoms with Gasteiger partial charge in [0.25, 0.3) is 6.43 Å². The number of aliphatic hydroxyl groups is 1. The number of pyridine rings is 1. The predicted octanol–water partition coefficient (Wildman–Crippen LogP) is 0.780. The van der Waals surface area contributed by atoms with Gasteiger partial charge in [0, 0.05) is 18.3 Å². The smallest absolute Gasteiger partial charge is 0.255 e. The minimum Gasteiger partial charge on any atom is -0.395 e. The number of aliphatic hydroxyl groups excluding tert-OH is 1. The molecule has 0 bridgehead atoms. The fraction of sp³-hybridized carbons (Fsp3) is 0.400. The highest BCUT2D eigenvalue weighted by molar-refractivity contribution is 7.80. The van der Waals surface area contributed by atoms with Gasteiger partial charge in [0.1, 0.15) is 10.8 Å². The number of nitrogens with zero attached hydrogens (tertiary/aromatic N) is 2. The number of rotatable bonds is 6. The number of hydrogen-bond donors (Lipinski definition) is 2. The largest absolute Gasteiger partial charge is 0.395 e. The van der Waals surface area contributed by atoms with Gasteiger partial charge in [-0.25, -0.2) is 13.8 Å². The van der Waals surface area contributed by atoms with Crippen LogP contribution in [0.15, 0.2) is 18.3 Å². The Bertz CT molecular complexity index is 372. The molecular weight excluding hydrogens is 248 g/mol. The van der Waals surface area contributed by atoms with Crippen molar-refractivity contribution >= 4 is 23.0 Å². The summed E-state index contributed by atoms with van der Waals surface area (Å²) in [5.41, 5.74) is 5.97. The Morgan fingerprint density at radius 1 is 1.53 bits per heavy atom. The van der Waals surface area contributed by atoms with Crippen molar-refractivity contribution in [3.05, 3.63) is 23.9 Å². The lowest BCUT2D eigenvalue weighted by atomic mass is 10.3. The molecule has 0 amide bonds. The van der Waals surface area contributed by atoms with Crippen LogP contribution in [0.1, 0.15) is 5.56 Å². The van der Waals surface area contributed by atoms with E-state index in [1.165, 1.54) is 11.1 Å². The van der Waals surface area contributed by atoms with Gasteiger partial charge in [-0.1, -0.05) is 12.2 Å². The van der Waals surface area contributed by atoms with Crippen molar-refractivity contribution < 1.29 is 13.9 Å². The number of anilines is 1. The molecule has 0 spiro atoms. The molecule has 0 aliphatic carbocycles. The molecule has 4 nitrogen and oxygen atoms in total. The lowest BCUT2D eigenvalue weighted by Gasteiger charge is -2.22. The molecule has 3 N–H and O–H groups in total. The summed E-state index contributed by atoms with van der Waals surface area (Å²) in [5.74, 6) is 0.361. The highest BCUT2D eigenvalue weighted by Crippen LogP contribution is 2.12. The van der Waals surface area contributed by atoms with Crippen LogP contribution in [0, 0.1) is 0 Å². The molecule has 1 heterocycles. The number of thiocarbonyl (C=S) groups is 1. The van der Waals surface area contributed by atoms with Crippen LogP contribution in [-0.2, 0) is 0 Å². The van der Waals surface area contributed by atoms with E-state index in [-0.39, 0.29) is 18.1 Å². The van der Waals surface area contributed by atoms with Gasteiger partial charge in [0.05, 0.1) is 13.2 Å². The zero-order valence-electron chi connectivity index (χ0n) is 9.01. The van der Waals surface area contributed by atoms with E-state index < -0.39 is 13.0 Å². The zero-order chi connectivity index (χ0) is 12.8. The Hall–Kier alpha value is -1.34. The monoisotopic (exact) mass is 261 g/mol. The predicted molar refractivity (Wildman–Crippen MR) is 65.4 cm³/mol. The molecule has 0 aliphatic rings. The van der Waals surface area contributed by atoms with E-state index >= 15 is 0 Å². The minimum atomic E-state index is -2.49. The van der Waals surface area contributed by atoms with Gasteiger partial charge < -0.3 is 15.7 Å². The first-order valence-corrected chi connectivity index (χ1v) is 5.35. The van der Waals surface area contributed by atoms with Crippen molar-refractivity contribution in [1.29, 1.82) is 0 Å². The van der Waals surface area contributed by atoms with Crippen LogP contribution in [0.4, 0.5) is 14.6 Å². The van der Waals surface area contributed by atoms with Crippen molar-refractivity contribution in [3.63, 3.8) is 0 Å². The van der Waals surface area contributed by atoms with Crippen LogP contribution in [0.5, 0.6) is 0 Å². The third-order valence-corrected chi connectivity index (χ3v) is 2.32. The molecule has 1 rings (SSSR count). The van der Waals surface area contributed by atoms with Crippen molar-refractivity contribution in [2.45, 2.75) is 6.43 Å². The van der Waals surface area contributed by atoms with E-state index in [0.717, 1.165) is 0 Å². The summed E-state index contributed by atoms with van der Waals surface area (Å²) in [6, 6.07) is 3.16. The molecule has 0 aliphatic heterocycles. The third kappa shape index (κ3) is 4.20. The maximum absolute atomic E-state index is 12.3. The van der Waals surface area contributed by atoms with Gasteiger partial charge in [-0.05, 0) is 12.1 Å². The van der Waals surface area contributed by atoms with E-state index in [1.807, 2.05) is 0 Å². The topological polar surface area (TPSA) is 62.4 Å². The first kappa shape index (κ1) is 13.7. The minimum absolute atomic E-state index is 0.101.